The number of nitriles is 1. The second-order valence-corrected chi connectivity index (χ2v) is 5.92. The Morgan fingerprint density at radius 3 is 2.80 bits per heavy atom. The number of anilines is 1. The first-order valence-electron chi connectivity index (χ1n) is 7.43. The number of carbonyl (C=O) groups excluding carboxylic acids is 1. The summed E-state index contributed by atoms with van der Waals surface area (Å²) in [6, 6.07) is 11.0. The van der Waals surface area contributed by atoms with Crippen LogP contribution in [0.5, 0.6) is 5.75 Å². The van der Waals surface area contributed by atoms with Gasteiger partial charge in [0, 0.05) is 17.1 Å². The van der Waals surface area contributed by atoms with E-state index in [9.17, 15) is 9.18 Å². The fourth-order valence-corrected chi connectivity index (χ4v) is 2.50. The highest BCUT2D eigenvalue weighted by molar-refractivity contribution is 6.31. The van der Waals surface area contributed by atoms with Crippen LogP contribution in [-0.4, -0.2) is 31.5 Å². The van der Waals surface area contributed by atoms with Crippen molar-refractivity contribution < 1.29 is 13.9 Å². The number of hydrogen-bond donors (Lipinski definition) is 1. The Morgan fingerprint density at radius 1 is 1.36 bits per heavy atom. The molecular weight excluding hydrogens is 345 g/mol. The molecule has 0 radical (unpaired) electrons. The molecule has 0 aliphatic heterocycles. The lowest BCUT2D eigenvalue weighted by Gasteiger charge is -2.17. The van der Waals surface area contributed by atoms with Crippen molar-refractivity contribution in [1.29, 1.82) is 5.26 Å². The number of rotatable bonds is 6. The average Bonchev–Trinajstić information content (AvgIpc) is 2.57. The minimum Gasteiger partial charge on any atom is -0.495 e. The summed E-state index contributed by atoms with van der Waals surface area (Å²) < 4.78 is 19.0. The van der Waals surface area contributed by atoms with Crippen molar-refractivity contribution in [2.75, 3.05) is 26.0 Å². The van der Waals surface area contributed by atoms with Crippen LogP contribution in [0.3, 0.4) is 0 Å². The van der Waals surface area contributed by atoms with Crippen molar-refractivity contribution in [2.24, 2.45) is 0 Å². The molecule has 0 aromatic heterocycles. The van der Waals surface area contributed by atoms with E-state index in [4.69, 9.17) is 21.6 Å². The minimum absolute atomic E-state index is 0.0336. The number of methoxy groups -OCH3 is 1. The quantitative estimate of drug-likeness (QED) is 0.856. The molecule has 25 heavy (non-hydrogen) atoms. The van der Waals surface area contributed by atoms with Crippen molar-refractivity contribution in [2.45, 2.75) is 6.54 Å². The smallest absolute Gasteiger partial charge is 0.238 e. The number of ether oxygens (including phenoxy) is 1. The number of nitrogens with one attached hydrogen (secondary N) is 1. The van der Waals surface area contributed by atoms with Gasteiger partial charge in [0.1, 0.15) is 11.6 Å². The average molecular weight is 362 g/mol. The first-order valence-corrected chi connectivity index (χ1v) is 7.81. The predicted octanol–water partition coefficient (Wildman–Crippen LogP) is 3.43. The molecular formula is C18H17ClFN3O2. The summed E-state index contributed by atoms with van der Waals surface area (Å²) in [4.78, 5) is 13.8. The van der Waals surface area contributed by atoms with Gasteiger partial charge in [-0.2, -0.15) is 5.26 Å². The molecule has 0 spiro atoms. The molecule has 0 saturated carbocycles. The fraction of sp³-hybridized carbons (Fsp3) is 0.222. The zero-order valence-corrected chi connectivity index (χ0v) is 14.6. The number of amides is 1. The Balaban J connectivity index is 2.01. The highest BCUT2D eigenvalue weighted by atomic mass is 35.5. The van der Waals surface area contributed by atoms with E-state index in [0.717, 1.165) is 0 Å². The van der Waals surface area contributed by atoms with Crippen LogP contribution >= 0.6 is 11.6 Å². The van der Waals surface area contributed by atoms with E-state index in [2.05, 4.69) is 5.32 Å². The molecule has 1 amide bonds. The number of nitrogens with zero attached hydrogens (tertiary/aromatic N) is 2. The molecule has 0 fully saturated rings. The molecule has 0 aliphatic carbocycles. The SMILES string of the molecule is COc1ccc(Cl)cc1NC(=O)CN(C)Cc1cc(C#N)ccc1F. The molecule has 0 unspecified atom stereocenters. The number of carbonyl (C=O) groups is 1. The lowest BCUT2D eigenvalue weighted by atomic mass is 10.1. The fourth-order valence-electron chi connectivity index (χ4n) is 2.32. The van der Waals surface area contributed by atoms with Gasteiger partial charge in [-0.15, -0.1) is 0 Å². The van der Waals surface area contributed by atoms with E-state index < -0.39 is 5.82 Å². The van der Waals surface area contributed by atoms with Crippen molar-refractivity contribution in [3.63, 3.8) is 0 Å². The lowest BCUT2D eigenvalue weighted by Crippen LogP contribution is -2.30. The number of halogens is 2. The van der Waals surface area contributed by atoms with Crippen LogP contribution in [0, 0.1) is 17.1 Å². The van der Waals surface area contributed by atoms with E-state index in [0.29, 0.717) is 27.6 Å². The van der Waals surface area contributed by atoms with Crippen molar-refractivity contribution in [1.82, 2.24) is 4.90 Å². The Hall–Kier alpha value is -2.62. The summed E-state index contributed by atoms with van der Waals surface area (Å²) in [5.74, 6) is -0.212. The summed E-state index contributed by atoms with van der Waals surface area (Å²) in [6.45, 7) is 0.230. The van der Waals surface area contributed by atoms with E-state index in [-0.39, 0.29) is 19.0 Å². The predicted molar refractivity (Wildman–Crippen MR) is 94.1 cm³/mol. The molecule has 5 nitrogen and oxygen atoms in total. The summed E-state index contributed by atoms with van der Waals surface area (Å²) in [6.07, 6.45) is 0. The van der Waals surface area contributed by atoms with Crippen LogP contribution in [0.1, 0.15) is 11.1 Å². The minimum atomic E-state index is -0.414. The van der Waals surface area contributed by atoms with Gasteiger partial charge in [-0.1, -0.05) is 11.6 Å². The molecule has 130 valence electrons. The first-order chi connectivity index (χ1) is 11.9. The molecule has 2 aromatic carbocycles. The van der Waals surface area contributed by atoms with Crippen LogP contribution in [-0.2, 0) is 11.3 Å². The molecule has 0 heterocycles. The second-order valence-electron chi connectivity index (χ2n) is 5.48. The van der Waals surface area contributed by atoms with E-state index in [1.165, 1.54) is 25.3 Å². The van der Waals surface area contributed by atoms with Crippen molar-refractivity contribution in [3.05, 3.63) is 58.4 Å². The number of hydrogen-bond acceptors (Lipinski definition) is 4. The topological polar surface area (TPSA) is 65.4 Å². The van der Waals surface area contributed by atoms with Gasteiger partial charge in [0.2, 0.25) is 5.91 Å². The Morgan fingerprint density at radius 2 is 2.12 bits per heavy atom. The largest absolute Gasteiger partial charge is 0.495 e. The van der Waals surface area contributed by atoms with Crippen LogP contribution < -0.4 is 10.1 Å². The first kappa shape index (κ1) is 18.7. The maximum Gasteiger partial charge on any atom is 0.238 e. The Labute approximate surface area is 150 Å². The van der Waals surface area contributed by atoms with Gasteiger partial charge in [0.05, 0.1) is 31.0 Å². The van der Waals surface area contributed by atoms with Crippen LogP contribution in [0.15, 0.2) is 36.4 Å². The van der Waals surface area contributed by atoms with Gasteiger partial charge in [-0.3, -0.25) is 9.69 Å². The highest BCUT2D eigenvalue weighted by Crippen LogP contribution is 2.27. The molecule has 0 atom stereocenters. The molecule has 0 aliphatic rings. The van der Waals surface area contributed by atoms with Crippen LogP contribution in [0.25, 0.3) is 0 Å². The highest BCUT2D eigenvalue weighted by Gasteiger charge is 2.13. The summed E-state index contributed by atoms with van der Waals surface area (Å²) in [5, 5.41) is 12.1. The molecule has 1 N–H and O–H groups in total. The summed E-state index contributed by atoms with van der Waals surface area (Å²) in [7, 11) is 3.18. The van der Waals surface area contributed by atoms with Gasteiger partial charge in [0.25, 0.3) is 0 Å². The van der Waals surface area contributed by atoms with Gasteiger partial charge in [0.15, 0.2) is 0 Å². The summed E-state index contributed by atoms with van der Waals surface area (Å²) >= 11 is 5.93. The molecule has 2 aromatic rings. The van der Waals surface area contributed by atoms with Gasteiger partial charge < -0.3 is 10.1 Å². The standard InChI is InChI=1S/C18H17ClFN3O2/c1-23(10-13-7-12(9-21)3-5-15(13)20)11-18(24)22-16-8-14(19)4-6-17(16)25-2/h3-8H,10-11H2,1-2H3,(H,22,24). The van der Waals surface area contributed by atoms with E-state index in [1.54, 1.807) is 30.1 Å². The second kappa shape index (κ2) is 8.47. The van der Waals surface area contributed by atoms with Crippen LogP contribution in [0.4, 0.5) is 10.1 Å². The molecule has 2 rings (SSSR count). The van der Waals surface area contributed by atoms with Crippen LogP contribution in [0.2, 0.25) is 5.02 Å². The van der Waals surface area contributed by atoms with E-state index in [1.807, 2.05) is 6.07 Å². The molecule has 0 saturated heterocycles. The Kier molecular flexibility index (Phi) is 6.34. The third-order valence-electron chi connectivity index (χ3n) is 3.46. The maximum atomic E-state index is 13.8. The molecule has 0 bridgehead atoms. The summed E-state index contributed by atoms with van der Waals surface area (Å²) in [5.41, 5.74) is 1.19. The van der Waals surface area contributed by atoms with Gasteiger partial charge in [-0.25, -0.2) is 4.39 Å². The van der Waals surface area contributed by atoms with E-state index >= 15 is 0 Å². The zero-order valence-electron chi connectivity index (χ0n) is 13.8. The Bertz CT molecular complexity index is 820. The number of likely N-dealkylation sites (N-methyl/N-ethyl adjacent to an activating group) is 1. The third-order valence-corrected chi connectivity index (χ3v) is 3.70. The maximum absolute atomic E-state index is 13.8. The lowest BCUT2D eigenvalue weighted by molar-refractivity contribution is -0.117. The van der Waals surface area contributed by atoms with Gasteiger partial charge in [-0.05, 0) is 43.4 Å². The van der Waals surface area contributed by atoms with Gasteiger partial charge >= 0.3 is 0 Å². The van der Waals surface area contributed by atoms with Crippen molar-refractivity contribution in [3.8, 4) is 11.8 Å². The molecule has 7 heteroatoms. The number of benzene rings is 2. The monoisotopic (exact) mass is 361 g/mol. The normalized spacial score (nSPS) is 10.4. The zero-order chi connectivity index (χ0) is 18.4. The third kappa shape index (κ3) is 5.18. The van der Waals surface area contributed by atoms with Crippen molar-refractivity contribution >= 4 is 23.2 Å².